The smallest absolute Gasteiger partial charge is 0.272 e. The molecule has 2 aromatic heterocycles. The van der Waals surface area contributed by atoms with E-state index in [2.05, 4.69) is 9.97 Å². The molecule has 33 heavy (non-hydrogen) atoms. The number of amides is 2. The van der Waals surface area contributed by atoms with Crippen molar-refractivity contribution in [3.8, 4) is 5.75 Å². The van der Waals surface area contributed by atoms with Gasteiger partial charge >= 0.3 is 0 Å². The third-order valence-electron chi connectivity index (χ3n) is 5.75. The molecule has 0 fully saturated rings. The second kappa shape index (κ2) is 9.77. The van der Waals surface area contributed by atoms with Gasteiger partial charge in [-0.3, -0.25) is 19.5 Å². The van der Waals surface area contributed by atoms with Crippen molar-refractivity contribution in [2.75, 3.05) is 25.6 Å². The van der Waals surface area contributed by atoms with Crippen molar-refractivity contribution in [1.29, 1.82) is 0 Å². The average molecular weight is 446 g/mol. The molecule has 0 aliphatic carbocycles. The molecular formula is C25H27N5O3. The van der Waals surface area contributed by atoms with Gasteiger partial charge in [0.25, 0.3) is 5.91 Å². The van der Waals surface area contributed by atoms with E-state index >= 15 is 0 Å². The lowest BCUT2D eigenvalue weighted by atomic mass is 10.0. The standard InChI is InChI=1S/C25H27N5O3/c1-17-20-10-11-23(31)30(14-12-18-7-6-8-19(15-18)33-3)24(20)28-22(27-17)16-29(2)25(32)21-9-4-5-13-26-21/h4-9,13,15H,10-12,14,16H2,1-3H3. The predicted octanol–water partition coefficient (Wildman–Crippen LogP) is 2.98. The first-order valence-corrected chi connectivity index (χ1v) is 10.9. The van der Waals surface area contributed by atoms with Crippen LogP contribution in [0.4, 0.5) is 5.82 Å². The lowest BCUT2D eigenvalue weighted by Crippen LogP contribution is -2.38. The Balaban J connectivity index is 1.55. The van der Waals surface area contributed by atoms with Crippen LogP contribution < -0.4 is 9.64 Å². The maximum Gasteiger partial charge on any atom is 0.272 e. The summed E-state index contributed by atoms with van der Waals surface area (Å²) < 4.78 is 5.31. The Hall–Kier alpha value is -3.81. The van der Waals surface area contributed by atoms with Gasteiger partial charge in [-0.1, -0.05) is 18.2 Å². The van der Waals surface area contributed by atoms with Crippen molar-refractivity contribution in [2.24, 2.45) is 0 Å². The van der Waals surface area contributed by atoms with Crippen molar-refractivity contribution >= 4 is 17.6 Å². The van der Waals surface area contributed by atoms with Crippen LogP contribution in [0, 0.1) is 6.92 Å². The van der Waals surface area contributed by atoms with Crippen LogP contribution in [0.25, 0.3) is 0 Å². The molecule has 0 saturated carbocycles. The molecule has 0 spiro atoms. The van der Waals surface area contributed by atoms with Gasteiger partial charge in [0.15, 0.2) is 0 Å². The largest absolute Gasteiger partial charge is 0.497 e. The molecule has 1 aliphatic rings. The van der Waals surface area contributed by atoms with E-state index in [0.717, 1.165) is 22.6 Å². The fourth-order valence-electron chi connectivity index (χ4n) is 3.98. The number of fused-ring (bicyclic) bond motifs is 1. The van der Waals surface area contributed by atoms with E-state index in [-0.39, 0.29) is 18.4 Å². The summed E-state index contributed by atoms with van der Waals surface area (Å²) in [7, 11) is 3.33. The second-order valence-electron chi connectivity index (χ2n) is 8.05. The number of anilines is 1. The topological polar surface area (TPSA) is 88.5 Å². The molecule has 8 nitrogen and oxygen atoms in total. The van der Waals surface area contributed by atoms with Gasteiger partial charge in [0.05, 0.1) is 13.7 Å². The van der Waals surface area contributed by atoms with Crippen LogP contribution in [0.1, 0.15) is 39.6 Å². The highest BCUT2D eigenvalue weighted by atomic mass is 16.5. The molecule has 0 unspecified atom stereocenters. The van der Waals surface area contributed by atoms with Crippen LogP contribution in [0.15, 0.2) is 48.7 Å². The van der Waals surface area contributed by atoms with E-state index in [9.17, 15) is 9.59 Å². The van der Waals surface area contributed by atoms with Gasteiger partial charge in [0.2, 0.25) is 5.91 Å². The number of hydrogen-bond donors (Lipinski definition) is 0. The molecule has 8 heteroatoms. The Morgan fingerprint density at radius 1 is 1.15 bits per heavy atom. The van der Waals surface area contributed by atoms with Crippen LogP contribution in [-0.4, -0.2) is 52.4 Å². The van der Waals surface area contributed by atoms with Crippen LogP contribution in [-0.2, 0) is 24.2 Å². The molecule has 2 amide bonds. The van der Waals surface area contributed by atoms with Crippen molar-refractivity contribution in [1.82, 2.24) is 19.9 Å². The molecule has 0 atom stereocenters. The van der Waals surface area contributed by atoms with Crippen LogP contribution >= 0.6 is 0 Å². The fraction of sp³-hybridized carbons (Fsp3) is 0.320. The number of aromatic nitrogens is 3. The highest BCUT2D eigenvalue weighted by molar-refractivity contribution is 5.95. The van der Waals surface area contributed by atoms with E-state index in [4.69, 9.17) is 9.72 Å². The van der Waals surface area contributed by atoms with E-state index in [1.165, 1.54) is 4.90 Å². The number of aryl methyl sites for hydroxylation is 1. The maximum atomic E-state index is 12.8. The highest BCUT2D eigenvalue weighted by Gasteiger charge is 2.28. The number of rotatable bonds is 7. The lowest BCUT2D eigenvalue weighted by molar-refractivity contribution is -0.118. The molecule has 0 radical (unpaired) electrons. The zero-order valence-electron chi connectivity index (χ0n) is 19.1. The van der Waals surface area contributed by atoms with Crippen LogP contribution in [0.5, 0.6) is 5.75 Å². The summed E-state index contributed by atoms with van der Waals surface area (Å²) in [5.74, 6) is 1.78. The molecule has 0 saturated heterocycles. The first-order chi connectivity index (χ1) is 16.0. The fourth-order valence-corrected chi connectivity index (χ4v) is 3.98. The summed E-state index contributed by atoms with van der Waals surface area (Å²) in [5.41, 5.74) is 3.28. The molecule has 0 bridgehead atoms. The van der Waals surface area contributed by atoms with Gasteiger partial charge in [-0.25, -0.2) is 9.97 Å². The molecule has 0 N–H and O–H groups in total. The van der Waals surface area contributed by atoms with E-state index in [1.807, 2.05) is 31.2 Å². The molecule has 1 aliphatic heterocycles. The van der Waals surface area contributed by atoms with E-state index < -0.39 is 0 Å². The van der Waals surface area contributed by atoms with Crippen molar-refractivity contribution in [2.45, 2.75) is 32.7 Å². The normalized spacial score (nSPS) is 12.9. The zero-order chi connectivity index (χ0) is 23.4. The van der Waals surface area contributed by atoms with Crippen LogP contribution in [0.3, 0.4) is 0 Å². The van der Waals surface area contributed by atoms with Gasteiger partial charge in [-0.2, -0.15) is 0 Å². The number of benzene rings is 1. The third kappa shape index (κ3) is 5.00. The van der Waals surface area contributed by atoms with Gasteiger partial charge in [0, 0.05) is 37.5 Å². The first kappa shape index (κ1) is 22.4. The van der Waals surface area contributed by atoms with Gasteiger partial charge < -0.3 is 9.64 Å². The highest BCUT2D eigenvalue weighted by Crippen LogP contribution is 2.28. The Morgan fingerprint density at radius 3 is 2.76 bits per heavy atom. The number of hydrogen-bond acceptors (Lipinski definition) is 6. The summed E-state index contributed by atoms with van der Waals surface area (Å²) in [5, 5.41) is 0. The molecular weight excluding hydrogens is 418 g/mol. The third-order valence-corrected chi connectivity index (χ3v) is 5.75. The predicted molar refractivity (Wildman–Crippen MR) is 124 cm³/mol. The number of nitrogens with zero attached hydrogens (tertiary/aromatic N) is 5. The number of pyridine rings is 1. The van der Waals surface area contributed by atoms with Crippen molar-refractivity contribution in [3.05, 3.63) is 77.0 Å². The minimum absolute atomic E-state index is 0.0485. The Bertz CT molecular complexity index is 1170. The van der Waals surface area contributed by atoms with E-state index in [0.29, 0.717) is 43.1 Å². The Labute approximate surface area is 193 Å². The average Bonchev–Trinajstić information content (AvgIpc) is 2.83. The number of ether oxygens (including phenoxy) is 1. The summed E-state index contributed by atoms with van der Waals surface area (Å²) in [6.07, 6.45) is 3.33. The number of carbonyl (C=O) groups excluding carboxylic acids is 2. The van der Waals surface area contributed by atoms with Gasteiger partial charge in [0.1, 0.15) is 23.1 Å². The summed E-state index contributed by atoms with van der Waals surface area (Å²) in [4.78, 5) is 42.2. The first-order valence-electron chi connectivity index (χ1n) is 10.9. The zero-order valence-corrected chi connectivity index (χ0v) is 19.1. The summed E-state index contributed by atoms with van der Waals surface area (Å²) >= 11 is 0. The quantitative estimate of drug-likeness (QED) is 0.556. The van der Waals surface area contributed by atoms with Crippen molar-refractivity contribution < 1.29 is 14.3 Å². The Kier molecular flexibility index (Phi) is 6.63. The number of carbonyl (C=O) groups is 2. The monoisotopic (exact) mass is 445 g/mol. The van der Waals surface area contributed by atoms with Crippen LogP contribution in [0.2, 0.25) is 0 Å². The number of methoxy groups -OCH3 is 1. The summed E-state index contributed by atoms with van der Waals surface area (Å²) in [6, 6.07) is 13.1. The summed E-state index contributed by atoms with van der Waals surface area (Å²) in [6.45, 7) is 2.67. The molecule has 1 aromatic carbocycles. The minimum atomic E-state index is -0.208. The maximum absolute atomic E-state index is 12.8. The van der Waals surface area contributed by atoms with Gasteiger partial charge in [-0.05, 0) is 49.6 Å². The SMILES string of the molecule is COc1cccc(CCN2C(=O)CCc3c(C)nc(CN(C)C(=O)c4ccccn4)nc32)c1. The molecule has 3 aromatic rings. The van der Waals surface area contributed by atoms with Gasteiger partial charge in [-0.15, -0.1) is 0 Å². The van der Waals surface area contributed by atoms with Crippen molar-refractivity contribution in [3.63, 3.8) is 0 Å². The lowest BCUT2D eigenvalue weighted by Gasteiger charge is -2.30. The second-order valence-corrected chi connectivity index (χ2v) is 8.05. The molecule has 170 valence electrons. The molecule has 4 rings (SSSR count). The molecule has 3 heterocycles. The minimum Gasteiger partial charge on any atom is -0.497 e. The van der Waals surface area contributed by atoms with E-state index in [1.54, 1.807) is 43.5 Å². The Morgan fingerprint density at radius 2 is 2.00 bits per heavy atom.